The summed E-state index contributed by atoms with van der Waals surface area (Å²) in [6.07, 6.45) is 1.55. The van der Waals surface area contributed by atoms with Crippen molar-refractivity contribution in [3.05, 3.63) is 0 Å². The lowest BCUT2D eigenvalue weighted by Crippen LogP contribution is -2.46. The standard InChI is InChI=1S/C13H28N2O2Si/c1-13(2,3)18(4,5)17-10-11-6-7-12(16)15(11)9-8-14/h11H,6-10,14H2,1-5H3/t11-/m0/s1. The highest BCUT2D eigenvalue weighted by Gasteiger charge is 2.39. The van der Waals surface area contributed by atoms with Crippen molar-refractivity contribution in [2.75, 3.05) is 19.7 Å². The number of hydrogen-bond acceptors (Lipinski definition) is 3. The van der Waals surface area contributed by atoms with Gasteiger partial charge in [0.25, 0.3) is 0 Å². The Bertz CT molecular complexity index is 300. The fourth-order valence-electron chi connectivity index (χ4n) is 1.93. The Morgan fingerprint density at radius 1 is 1.44 bits per heavy atom. The van der Waals surface area contributed by atoms with Crippen LogP contribution in [-0.2, 0) is 9.22 Å². The molecule has 0 radical (unpaired) electrons. The minimum atomic E-state index is -1.72. The SMILES string of the molecule is CC(C)(C)[Si](C)(C)OC[C@@H]1CCC(=O)N1CCN. The van der Waals surface area contributed by atoms with Crippen molar-refractivity contribution in [2.24, 2.45) is 5.73 Å². The molecule has 0 aromatic carbocycles. The molecule has 0 aromatic heterocycles. The minimum absolute atomic E-state index is 0.217. The van der Waals surface area contributed by atoms with E-state index in [1.807, 2.05) is 4.90 Å². The van der Waals surface area contributed by atoms with Crippen LogP contribution < -0.4 is 5.73 Å². The van der Waals surface area contributed by atoms with Gasteiger partial charge in [0, 0.05) is 19.5 Å². The molecule has 1 aliphatic heterocycles. The summed E-state index contributed by atoms with van der Waals surface area (Å²) in [5.41, 5.74) is 5.56. The summed E-state index contributed by atoms with van der Waals surface area (Å²) in [5, 5.41) is 0.217. The van der Waals surface area contributed by atoms with Gasteiger partial charge in [0.05, 0.1) is 12.6 Å². The first-order valence-corrected chi connectivity index (χ1v) is 9.73. The lowest BCUT2D eigenvalue weighted by molar-refractivity contribution is -0.129. The summed E-state index contributed by atoms with van der Waals surface area (Å²) in [5.74, 6) is 0.226. The molecular weight excluding hydrogens is 244 g/mol. The molecule has 1 rings (SSSR count). The molecule has 0 aromatic rings. The molecule has 18 heavy (non-hydrogen) atoms. The molecule has 0 saturated carbocycles. The van der Waals surface area contributed by atoms with Crippen LogP contribution >= 0.6 is 0 Å². The molecule has 1 aliphatic rings. The molecule has 0 aliphatic carbocycles. The van der Waals surface area contributed by atoms with Gasteiger partial charge in [-0.2, -0.15) is 0 Å². The van der Waals surface area contributed by atoms with E-state index in [1.165, 1.54) is 0 Å². The first-order chi connectivity index (χ1) is 8.19. The van der Waals surface area contributed by atoms with Crippen LogP contribution in [0.4, 0.5) is 0 Å². The Morgan fingerprint density at radius 3 is 2.56 bits per heavy atom. The molecule has 5 heteroatoms. The van der Waals surface area contributed by atoms with Crippen molar-refractivity contribution in [3.8, 4) is 0 Å². The quantitative estimate of drug-likeness (QED) is 0.778. The topological polar surface area (TPSA) is 55.6 Å². The van der Waals surface area contributed by atoms with E-state index >= 15 is 0 Å². The largest absolute Gasteiger partial charge is 0.415 e. The Kier molecular flexibility index (Phi) is 4.97. The molecular formula is C13H28N2O2Si. The number of likely N-dealkylation sites (tertiary alicyclic amines) is 1. The van der Waals surface area contributed by atoms with Crippen LogP contribution in [0.3, 0.4) is 0 Å². The lowest BCUT2D eigenvalue weighted by Gasteiger charge is -2.38. The Balaban J connectivity index is 2.55. The van der Waals surface area contributed by atoms with Gasteiger partial charge in [-0.25, -0.2) is 0 Å². The zero-order chi connectivity index (χ0) is 14.0. The highest BCUT2D eigenvalue weighted by atomic mass is 28.4. The number of rotatable bonds is 5. The molecule has 106 valence electrons. The molecule has 2 N–H and O–H groups in total. The zero-order valence-electron chi connectivity index (χ0n) is 12.5. The summed E-state index contributed by atoms with van der Waals surface area (Å²) in [6, 6.07) is 0.232. The van der Waals surface area contributed by atoms with E-state index in [9.17, 15) is 4.79 Å². The predicted molar refractivity (Wildman–Crippen MR) is 76.9 cm³/mol. The second-order valence-corrected chi connectivity index (χ2v) is 11.4. The maximum atomic E-state index is 11.7. The Labute approximate surface area is 112 Å². The number of carbonyl (C=O) groups is 1. The summed E-state index contributed by atoms with van der Waals surface area (Å²) < 4.78 is 6.21. The van der Waals surface area contributed by atoms with Crippen molar-refractivity contribution >= 4 is 14.2 Å². The van der Waals surface area contributed by atoms with E-state index in [1.54, 1.807) is 0 Å². The second-order valence-electron chi connectivity index (χ2n) is 6.64. The first-order valence-electron chi connectivity index (χ1n) is 6.82. The van der Waals surface area contributed by atoms with E-state index in [-0.39, 0.29) is 17.0 Å². The number of carbonyl (C=O) groups excluding carboxylic acids is 1. The van der Waals surface area contributed by atoms with Gasteiger partial charge in [0.1, 0.15) is 0 Å². The van der Waals surface area contributed by atoms with Crippen LogP contribution in [0.5, 0.6) is 0 Å². The number of amides is 1. The van der Waals surface area contributed by atoms with Crippen molar-refractivity contribution in [1.29, 1.82) is 0 Å². The van der Waals surface area contributed by atoms with Crippen molar-refractivity contribution in [1.82, 2.24) is 4.90 Å². The zero-order valence-corrected chi connectivity index (χ0v) is 13.5. The number of nitrogens with zero attached hydrogens (tertiary/aromatic N) is 1. The summed E-state index contributed by atoms with van der Waals surface area (Å²) >= 11 is 0. The maximum absolute atomic E-state index is 11.7. The third kappa shape index (κ3) is 3.55. The van der Waals surface area contributed by atoms with E-state index in [0.717, 1.165) is 6.42 Å². The van der Waals surface area contributed by atoms with Crippen molar-refractivity contribution < 1.29 is 9.22 Å². The summed E-state index contributed by atoms with van der Waals surface area (Å²) in [6.45, 7) is 13.0. The van der Waals surface area contributed by atoms with E-state index in [2.05, 4.69) is 33.9 Å². The predicted octanol–water partition coefficient (Wildman–Crippen LogP) is 1.96. The highest BCUT2D eigenvalue weighted by Crippen LogP contribution is 2.37. The fraction of sp³-hybridized carbons (Fsp3) is 0.923. The lowest BCUT2D eigenvalue weighted by atomic mass is 10.2. The average Bonchev–Trinajstić information content (AvgIpc) is 2.57. The van der Waals surface area contributed by atoms with Crippen molar-refractivity contribution in [3.63, 3.8) is 0 Å². The molecule has 4 nitrogen and oxygen atoms in total. The molecule has 1 heterocycles. The molecule has 0 spiro atoms. The van der Waals surface area contributed by atoms with Crippen LogP contribution in [0.2, 0.25) is 18.1 Å². The van der Waals surface area contributed by atoms with E-state index in [4.69, 9.17) is 10.2 Å². The van der Waals surface area contributed by atoms with Crippen LogP contribution in [0.1, 0.15) is 33.6 Å². The number of nitrogens with two attached hydrogens (primary N) is 1. The highest BCUT2D eigenvalue weighted by molar-refractivity contribution is 6.74. The number of hydrogen-bond donors (Lipinski definition) is 1. The Morgan fingerprint density at radius 2 is 2.06 bits per heavy atom. The normalized spacial score (nSPS) is 21.8. The summed E-state index contributed by atoms with van der Waals surface area (Å²) in [7, 11) is -1.72. The van der Waals surface area contributed by atoms with Crippen LogP contribution in [-0.4, -0.2) is 44.9 Å². The first kappa shape index (κ1) is 15.7. The molecule has 0 bridgehead atoms. The van der Waals surface area contributed by atoms with Gasteiger partial charge in [0.2, 0.25) is 5.91 Å². The van der Waals surface area contributed by atoms with Crippen LogP contribution in [0.15, 0.2) is 0 Å². The van der Waals surface area contributed by atoms with Gasteiger partial charge in [-0.1, -0.05) is 20.8 Å². The van der Waals surface area contributed by atoms with Gasteiger partial charge in [-0.3, -0.25) is 4.79 Å². The molecule has 1 atom stereocenters. The van der Waals surface area contributed by atoms with Gasteiger partial charge in [0.15, 0.2) is 8.32 Å². The fourth-order valence-corrected chi connectivity index (χ4v) is 2.98. The molecule has 1 saturated heterocycles. The Hall–Kier alpha value is -0.393. The molecule has 1 amide bonds. The molecule has 0 unspecified atom stereocenters. The smallest absolute Gasteiger partial charge is 0.223 e. The van der Waals surface area contributed by atoms with Crippen molar-refractivity contribution in [2.45, 2.75) is 57.8 Å². The van der Waals surface area contributed by atoms with Gasteiger partial charge < -0.3 is 15.1 Å². The van der Waals surface area contributed by atoms with Gasteiger partial charge in [-0.15, -0.1) is 0 Å². The third-order valence-electron chi connectivity index (χ3n) is 4.27. The van der Waals surface area contributed by atoms with E-state index < -0.39 is 8.32 Å². The van der Waals surface area contributed by atoms with Gasteiger partial charge in [-0.05, 0) is 24.6 Å². The van der Waals surface area contributed by atoms with Crippen LogP contribution in [0, 0.1) is 0 Å². The average molecular weight is 272 g/mol. The minimum Gasteiger partial charge on any atom is -0.415 e. The van der Waals surface area contributed by atoms with Gasteiger partial charge >= 0.3 is 0 Å². The third-order valence-corrected chi connectivity index (χ3v) is 8.77. The monoisotopic (exact) mass is 272 g/mol. The van der Waals surface area contributed by atoms with E-state index in [0.29, 0.717) is 26.1 Å². The second kappa shape index (κ2) is 5.71. The summed E-state index contributed by atoms with van der Waals surface area (Å²) in [4.78, 5) is 13.6. The maximum Gasteiger partial charge on any atom is 0.223 e. The molecule has 1 fully saturated rings. The van der Waals surface area contributed by atoms with Crippen LogP contribution in [0.25, 0.3) is 0 Å².